The van der Waals surface area contributed by atoms with E-state index in [9.17, 15) is 5.11 Å². The lowest BCUT2D eigenvalue weighted by Crippen LogP contribution is -2.03. The first kappa shape index (κ1) is 10.9. The Morgan fingerprint density at radius 3 is 2.93 bits per heavy atom. The maximum atomic E-state index is 9.65. The van der Waals surface area contributed by atoms with Crippen molar-refractivity contribution in [2.45, 2.75) is 13.0 Å². The van der Waals surface area contributed by atoms with Gasteiger partial charge in [0.15, 0.2) is 0 Å². The van der Waals surface area contributed by atoms with Crippen molar-refractivity contribution < 1.29 is 5.11 Å². The Kier molecular flexibility index (Phi) is 3.39. The zero-order chi connectivity index (χ0) is 10.7. The molecular weight excluding hydrogens is 244 g/mol. The van der Waals surface area contributed by atoms with E-state index < -0.39 is 6.10 Å². The maximum Gasteiger partial charge on any atom is 0.131 e. The third kappa shape index (κ3) is 2.19. The third-order valence-corrected chi connectivity index (χ3v) is 2.37. The van der Waals surface area contributed by atoms with Gasteiger partial charge in [-0.15, -0.1) is 0 Å². The van der Waals surface area contributed by atoms with E-state index in [1.165, 1.54) is 0 Å². The summed E-state index contributed by atoms with van der Waals surface area (Å²) in [5, 5.41) is 18.2. The summed E-state index contributed by atoms with van der Waals surface area (Å²) in [6, 6.07) is 3.63. The van der Waals surface area contributed by atoms with Crippen LogP contribution in [-0.2, 0) is 0 Å². The van der Waals surface area contributed by atoms with Crippen LogP contribution in [0.25, 0.3) is 0 Å². The van der Waals surface area contributed by atoms with Gasteiger partial charge >= 0.3 is 0 Å². The Labute approximate surface area is 90.8 Å². The molecule has 0 aliphatic heterocycles. The summed E-state index contributed by atoms with van der Waals surface area (Å²) in [7, 11) is 0. The summed E-state index contributed by atoms with van der Waals surface area (Å²) < 4.78 is 0.682. The summed E-state index contributed by atoms with van der Waals surface area (Å²) in [5.74, 6) is 0. The molecule has 14 heavy (non-hydrogen) atoms. The molecule has 1 N–H and O–H groups in total. The number of hydrogen-bond acceptors (Lipinski definition) is 3. The van der Waals surface area contributed by atoms with Gasteiger partial charge in [0.25, 0.3) is 0 Å². The van der Waals surface area contributed by atoms with Crippen molar-refractivity contribution in [3.05, 3.63) is 40.1 Å². The molecule has 0 saturated heterocycles. The first-order valence-electron chi connectivity index (χ1n) is 3.95. The summed E-state index contributed by atoms with van der Waals surface area (Å²) in [5.41, 5.74) is 1.49. The molecule has 1 aromatic rings. The maximum absolute atomic E-state index is 9.65. The topological polar surface area (TPSA) is 56.9 Å². The Hall–Kier alpha value is -1.18. The standard InChI is InChI=1S/C10H9BrN2O/c1-6-3-8(11)9(13-5-6)10(14)7(2)4-12/h3,5,10,14H,2H2,1H3. The van der Waals surface area contributed by atoms with Crippen molar-refractivity contribution in [2.24, 2.45) is 0 Å². The van der Waals surface area contributed by atoms with Crippen molar-refractivity contribution in [3.63, 3.8) is 0 Å². The fraction of sp³-hybridized carbons (Fsp3) is 0.200. The summed E-state index contributed by atoms with van der Waals surface area (Å²) in [6.45, 7) is 5.34. The van der Waals surface area contributed by atoms with Crippen molar-refractivity contribution in [2.75, 3.05) is 0 Å². The lowest BCUT2D eigenvalue weighted by molar-refractivity contribution is 0.215. The van der Waals surface area contributed by atoms with Gasteiger partial charge in [0.2, 0.25) is 0 Å². The highest BCUT2D eigenvalue weighted by atomic mass is 79.9. The second kappa shape index (κ2) is 4.36. The summed E-state index contributed by atoms with van der Waals surface area (Å²) in [6.07, 6.45) is 0.600. The number of nitriles is 1. The molecule has 1 aromatic heterocycles. The average molecular weight is 253 g/mol. The van der Waals surface area contributed by atoms with Crippen LogP contribution in [-0.4, -0.2) is 10.1 Å². The minimum atomic E-state index is -1.03. The van der Waals surface area contributed by atoms with Crippen LogP contribution in [0.4, 0.5) is 0 Å². The summed E-state index contributed by atoms with van der Waals surface area (Å²) >= 11 is 3.27. The number of aryl methyl sites for hydroxylation is 1. The molecule has 0 saturated carbocycles. The Morgan fingerprint density at radius 2 is 2.43 bits per heavy atom. The number of halogens is 1. The predicted octanol–water partition coefficient (Wildman–Crippen LogP) is 2.27. The Balaban J connectivity index is 3.09. The van der Waals surface area contributed by atoms with E-state index in [1.807, 2.05) is 13.0 Å². The predicted molar refractivity (Wildman–Crippen MR) is 56.4 cm³/mol. The lowest BCUT2D eigenvalue weighted by atomic mass is 10.1. The van der Waals surface area contributed by atoms with E-state index in [0.29, 0.717) is 10.2 Å². The number of rotatable bonds is 2. The molecule has 0 radical (unpaired) electrons. The van der Waals surface area contributed by atoms with Crippen LogP contribution in [0.15, 0.2) is 28.9 Å². The molecule has 0 spiro atoms. The second-order valence-electron chi connectivity index (χ2n) is 2.92. The van der Waals surface area contributed by atoms with E-state index in [4.69, 9.17) is 5.26 Å². The fourth-order valence-electron chi connectivity index (χ4n) is 0.972. The number of aromatic nitrogens is 1. The number of nitrogens with zero attached hydrogens (tertiary/aromatic N) is 2. The molecule has 0 amide bonds. The van der Waals surface area contributed by atoms with Gasteiger partial charge in [-0.2, -0.15) is 5.26 Å². The van der Waals surface area contributed by atoms with Crippen LogP contribution in [0, 0.1) is 18.3 Å². The quantitative estimate of drug-likeness (QED) is 0.822. The van der Waals surface area contributed by atoms with E-state index in [1.54, 1.807) is 12.3 Å². The van der Waals surface area contributed by atoms with Crippen LogP contribution in [0.3, 0.4) is 0 Å². The number of hydrogen-bond donors (Lipinski definition) is 1. The van der Waals surface area contributed by atoms with Crippen molar-refractivity contribution in [3.8, 4) is 6.07 Å². The largest absolute Gasteiger partial charge is 0.381 e. The average Bonchev–Trinajstić information content (AvgIpc) is 2.15. The fourth-order valence-corrected chi connectivity index (χ4v) is 1.65. The highest BCUT2D eigenvalue weighted by molar-refractivity contribution is 9.10. The normalized spacial score (nSPS) is 11.9. The van der Waals surface area contributed by atoms with Gasteiger partial charge in [-0.1, -0.05) is 6.58 Å². The van der Waals surface area contributed by atoms with Crippen LogP contribution in [0.5, 0.6) is 0 Å². The first-order chi connectivity index (χ1) is 6.56. The zero-order valence-corrected chi connectivity index (χ0v) is 9.24. The lowest BCUT2D eigenvalue weighted by Gasteiger charge is -2.09. The SMILES string of the molecule is C=C(C#N)C(O)c1ncc(C)cc1Br. The zero-order valence-electron chi connectivity index (χ0n) is 7.66. The van der Waals surface area contributed by atoms with Gasteiger partial charge in [0.1, 0.15) is 6.10 Å². The molecule has 0 aliphatic rings. The highest BCUT2D eigenvalue weighted by Crippen LogP contribution is 2.25. The Bertz CT molecular complexity index is 409. The molecule has 1 rings (SSSR count). The van der Waals surface area contributed by atoms with Crippen molar-refractivity contribution >= 4 is 15.9 Å². The molecule has 72 valence electrons. The van der Waals surface area contributed by atoms with Gasteiger partial charge in [-0.3, -0.25) is 4.98 Å². The van der Waals surface area contributed by atoms with Gasteiger partial charge in [0.05, 0.1) is 17.3 Å². The van der Waals surface area contributed by atoms with Crippen molar-refractivity contribution in [1.82, 2.24) is 4.98 Å². The molecule has 1 heterocycles. The van der Waals surface area contributed by atoms with E-state index >= 15 is 0 Å². The molecule has 1 unspecified atom stereocenters. The monoisotopic (exact) mass is 252 g/mol. The second-order valence-corrected chi connectivity index (χ2v) is 3.77. The molecular formula is C10H9BrN2O. The number of aliphatic hydroxyl groups excluding tert-OH is 1. The van der Waals surface area contributed by atoms with E-state index in [0.717, 1.165) is 5.56 Å². The molecule has 4 heteroatoms. The smallest absolute Gasteiger partial charge is 0.131 e. The van der Waals surface area contributed by atoms with E-state index in [-0.39, 0.29) is 5.57 Å². The molecule has 0 aliphatic carbocycles. The van der Waals surface area contributed by atoms with Gasteiger partial charge in [-0.05, 0) is 34.5 Å². The first-order valence-corrected chi connectivity index (χ1v) is 4.74. The summed E-state index contributed by atoms with van der Waals surface area (Å²) in [4.78, 5) is 4.04. The molecule has 1 atom stereocenters. The van der Waals surface area contributed by atoms with Crippen LogP contribution >= 0.6 is 15.9 Å². The molecule has 0 aromatic carbocycles. The van der Waals surface area contributed by atoms with Gasteiger partial charge < -0.3 is 5.11 Å². The molecule has 3 nitrogen and oxygen atoms in total. The highest BCUT2D eigenvalue weighted by Gasteiger charge is 2.15. The Morgan fingerprint density at radius 1 is 1.79 bits per heavy atom. The van der Waals surface area contributed by atoms with E-state index in [2.05, 4.69) is 27.5 Å². The van der Waals surface area contributed by atoms with Crippen LogP contribution in [0.1, 0.15) is 17.4 Å². The van der Waals surface area contributed by atoms with Gasteiger partial charge in [0, 0.05) is 10.7 Å². The van der Waals surface area contributed by atoms with Crippen molar-refractivity contribution in [1.29, 1.82) is 5.26 Å². The van der Waals surface area contributed by atoms with Crippen LogP contribution in [0.2, 0.25) is 0 Å². The van der Waals surface area contributed by atoms with Gasteiger partial charge in [-0.25, -0.2) is 0 Å². The number of aliphatic hydroxyl groups is 1. The molecule has 0 fully saturated rings. The third-order valence-electron chi connectivity index (χ3n) is 1.74. The minimum absolute atomic E-state index is 0.0852. The molecule has 0 bridgehead atoms. The van der Waals surface area contributed by atoms with Crippen LogP contribution < -0.4 is 0 Å². The number of pyridine rings is 1. The minimum Gasteiger partial charge on any atom is -0.381 e.